The number of anilines is 2. The highest BCUT2D eigenvalue weighted by Crippen LogP contribution is 2.33. The Kier molecular flexibility index (Phi) is 10.4. The van der Waals surface area contributed by atoms with Crippen LogP contribution in [0, 0.1) is 0 Å². The lowest BCUT2D eigenvalue weighted by Crippen LogP contribution is -2.41. The molecule has 248 valence electrons. The highest BCUT2D eigenvalue weighted by molar-refractivity contribution is 5.99. The van der Waals surface area contributed by atoms with Crippen LogP contribution in [0.25, 0.3) is 5.65 Å². The molecule has 0 bridgehead atoms. The van der Waals surface area contributed by atoms with Crippen molar-refractivity contribution in [2.24, 2.45) is 0 Å². The van der Waals surface area contributed by atoms with Gasteiger partial charge in [0.05, 0.1) is 12.7 Å². The quantitative estimate of drug-likeness (QED) is 0.269. The van der Waals surface area contributed by atoms with Crippen LogP contribution in [0.1, 0.15) is 104 Å². The summed E-state index contributed by atoms with van der Waals surface area (Å²) in [6.45, 7) is 18.3. The van der Waals surface area contributed by atoms with Gasteiger partial charge >= 0.3 is 12.2 Å². The maximum atomic E-state index is 13.9. The van der Waals surface area contributed by atoms with E-state index in [0.717, 1.165) is 16.8 Å². The number of nitrogens with zero attached hydrogens (tertiary/aromatic N) is 5. The number of amides is 3. The molecule has 1 fully saturated rings. The van der Waals surface area contributed by atoms with E-state index in [1.165, 1.54) is 6.08 Å². The lowest BCUT2D eigenvalue weighted by Gasteiger charge is -2.33. The minimum absolute atomic E-state index is 0.0583. The normalized spacial score (nSPS) is 14.6. The van der Waals surface area contributed by atoms with Crippen molar-refractivity contribution < 1.29 is 23.9 Å². The Bertz CT molecular complexity index is 1590. The van der Waals surface area contributed by atoms with Gasteiger partial charge in [-0.1, -0.05) is 32.1 Å². The second-order valence-corrected chi connectivity index (χ2v) is 14.0. The van der Waals surface area contributed by atoms with Crippen molar-refractivity contribution >= 4 is 35.2 Å². The van der Waals surface area contributed by atoms with Gasteiger partial charge in [0.1, 0.15) is 17.0 Å². The van der Waals surface area contributed by atoms with E-state index in [0.29, 0.717) is 43.1 Å². The Morgan fingerprint density at radius 1 is 1.04 bits per heavy atom. The predicted molar refractivity (Wildman–Crippen MR) is 179 cm³/mol. The van der Waals surface area contributed by atoms with E-state index in [-0.39, 0.29) is 30.4 Å². The van der Waals surface area contributed by atoms with E-state index in [1.54, 1.807) is 39.6 Å². The molecule has 0 atom stereocenters. The molecule has 1 aliphatic rings. The Labute approximate surface area is 271 Å². The molecular weight excluding hydrogens is 584 g/mol. The summed E-state index contributed by atoms with van der Waals surface area (Å²) < 4.78 is 13.2. The minimum Gasteiger partial charge on any atom is -0.444 e. The average Bonchev–Trinajstić information content (AvgIpc) is 3.39. The Balaban J connectivity index is 1.74. The topological polar surface area (TPSA) is 118 Å². The van der Waals surface area contributed by atoms with Crippen LogP contribution >= 0.6 is 0 Å². The van der Waals surface area contributed by atoms with Crippen molar-refractivity contribution in [2.75, 3.05) is 23.3 Å². The predicted octanol–water partition coefficient (Wildman–Crippen LogP) is 7.42. The molecule has 3 aromatic rings. The zero-order valence-corrected chi connectivity index (χ0v) is 28.6. The Hall–Kier alpha value is -4.41. The van der Waals surface area contributed by atoms with Crippen molar-refractivity contribution in [2.45, 2.75) is 105 Å². The molecule has 3 amide bonds. The standard InChI is InChI=1S/C35H48N6O5/c1-10-12-29(42)37-26-14-11-13-24(19-26)22-40(33(44)46-35(7,8)9)30-20-28(38-31-27(23(2)3)21-36-41(30)31)25-15-17-39(18-16-25)32(43)45-34(4,5)6/h10-14,19-21,23,25H,15-18,22H2,1-9H3,(H,37,42)/b12-10+. The van der Waals surface area contributed by atoms with Gasteiger partial charge in [0, 0.05) is 42.0 Å². The summed E-state index contributed by atoms with van der Waals surface area (Å²) in [4.78, 5) is 47.3. The lowest BCUT2D eigenvalue weighted by atomic mass is 9.93. The van der Waals surface area contributed by atoms with Gasteiger partial charge in [0.2, 0.25) is 5.91 Å². The number of fused-ring (bicyclic) bond motifs is 1. The summed E-state index contributed by atoms with van der Waals surface area (Å²) in [5, 5.41) is 7.55. The van der Waals surface area contributed by atoms with Gasteiger partial charge in [0.15, 0.2) is 5.65 Å². The van der Waals surface area contributed by atoms with Crippen molar-refractivity contribution in [3.05, 3.63) is 65.5 Å². The molecular formula is C35H48N6O5. The molecule has 2 aromatic heterocycles. The van der Waals surface area contributed by atoms with Gasteiger partial charge < -0.3 is 19.7 Å². The summed E-state index contributed by atoms with van der Waals surface area (Å²) >= 11 is 0. The second kappa shape index (κ2) is 13.9. The number of carbonyl (C=O) groups is 3. The van der Waals surface area contributed by atoms with Crippen LogP contribution in [0.5, 0.6) is 0 Å². The molecule has 11 heteroatoms. The first kappa shape index (κ1) is 34.5. The molecule has 1 N–H and O–H groups in total. The third-order valence-electron chi connectivity index (χ3n) is 7.43. The molecule has 0 radical (unpaired) electrons. The van der Waals surface area contributed by atoms with Crippen LogP contribution in [-0.4, -0.2) is 61.9 Å². The van der Waals surface area contributed by atoms with Crippen LogP contribution < -0.4 is 10.2 Å². The summed E-state index contributed by atoms with van der Waals surface area (Å²) in [5.41, 5.74) is 2.57. The number of nitrogens with one attached hydrogen (secondary N) is 1. The number of likely N-dealkylation sites (tertiary alicyclic amines) is 1. The van der Waals surface area contributed by atoms with E-state index in [2.05, 4.69) is 24.3 Å². The molecule has 1 aromatic carbocycles. The fourth-order valence-electron chi connectivity index (χ4n) is 5.30. The van der Waals surface area contributed by atoms with Crippen molar-refractivity contribution in [3.8, 4) is 0 Å². The van der Waals surface area contributed by atoms with E-state index in [9.17, 15) is 14.4 Å². The second-order valence-electron chi connectivity index (χ2n) is 14.0. The van der Waals surface area contributed by atoms with Crippen LogP contribution in [0.2, 0.25) is 0 Å². The molecule has 4 rings (SSSR count). The third-order valence-corrected chi connectivity index (χ3v) is 7.43. The van der Waals surface area contributed by atoms with Crippen molar-refractivity contribution in [3.63, 3.8) is 0 Å². The molecule has 1 saturated heterocycles. The Morgan fingerprint density at radius 3 is 2.33 bits per heavy atom. The van der Waals surface area contributed by atoms with Crippen molar-refractivity contribution in [1.29, 1.82) is 0 Å². The first-order valence-electron chi connectivity index (χ1n) is 15.9. The monoisotopic (exact) mass is 632 g/mol. The minimum atomic E-state index is -0.742. The number of hydrogen-bond acceptors (Lipinski definition) is 7. The van der Waals surface area contributed by atoms with Crippen LogP contribution in [0.4, 0.5) is 21.1 Å². The molecule has 0 saturated carbocycles. The highest BCUT2D eigenvalue weighted by Gasteiger charge is 2.31. The number of benzene rings is 1. The van der Waals surface area contributed by atoms with E-state index >= 15 is 0 Å². The molecule has 0 spiro atoms. The van der Waals surface area contributed by atoms with Crippen molar-refractivity contribution in [1.82, 2.24) is 19.5 Å². The fourth-order valence-corrected chi connectivity index (χ4v) is 5.30. The number of allylic oxidation sites excluding steroid dienone is 1. The van der Waals surface area contributed by atoms with E-state index < -0.39 is 17.3 Å². The van der Waals surface area contributed by atoms with Crippen LogP contribution in [0.15, 0.2) is 48.7 Å². The maximum Gasteiger partial charge on any atom is 0.416 e. The van der Waals surface area contributed by atoms with Crippen LogP contribution in [0.3, 0.4) is 0 Å². The molecule has 0 aliphatic carbocycles. The number of aromatic nitrogens is 3. The van der Waals surface area contributed by atoms with E-state index in [1.807, 2.05) is 65.8 Å². The zero-order valence-electron chi connectivity index (χ0n) is 28.6. The smallest absolute Gasteiger partial charge is 0.416 e. The summed E-state index contributed by atoms with van der Waals surface area (Å²) in [6, 6.07) is 9.30. The number of piperidine rings is 1. The molecule has 3 heterocycles. The molecule has 0 unspecified atom stereocenters. The number of hydrogen-bond donors (Lipinski definition) is 1. The van der Waals surface area contributed by atoms with Gasteiger partial charge in [-0.25, -0.2) is 14.6 Å². The number of ether oxygens (including phenoxy) is 2. The molecule has 1 aliphatic heterocycles. The number of rotatable bonds is 7. The summed E-state index contributed by atoms with van der Waals surface area (Å²) in [7, 11) is 0. The summed E-state index contributed by atoms with van der Waals surface area (Å²) in [6.07, 6.45) is 5.49. The van der Waals surface area contributed by atoms with Gasteiger partial charge in [-0.2, -0.15) is 9.61 Å². The van der Waals surface area contributed by atoms with Gasteiger partial charge in [-0.3, -0.25) is 9.69 Å². The average molecular weight is 633 g/mol. The molecule has 11 nitrogen and oxygen atoms in total. The SMILES string of the molecule is C/C=C/C(=O)Nc1cccc(CN(C(=O)OC(C)(C)C)c2cc(C3CCN(C(=O)OC(C)(C)C)CC3)nc3c(C(C)C)cnn23)c1. The largest absolute Gasteiger partial charge is 0.444 e. The van der Waals surface area contributed by atoms with E-state index in [4.69, 9.17) is 14.5 Å². The Morgan fingerprint density at radius 2 is 1.72 bits per heavy atom. The van der Waals surface area contributed by atoms with Gasteiger partial charge in [-0.15, -0.1) is 0 Å². The zero-order chi connectivity index (χ0) is 33.8. The van der Waals surface area contributed by atoms with Gasteiger partial charge in [0.25, 0.3) is 0 Å². The third kappa shape index (κ3) is 8.86. The number of carbonyl (C=O) groups excluding carboxylic acids is 3. The summed E-state index contributed by atoms with van der Waals surface area (Å²) in [5.74, 6) is 0.497. The first-order chi connectivity index (χ1) is 21.5. The highest BCUT2D eigenvalue weighted by atomic mass is 16.6. The maximum absolute atomic E-state index is 13.9. The molecule has 46 heavy (non-hydrogen) atoms. The first-order valence-corrected chi connectivity index (χ1v) is 15.9. The fraction of sp³-hybridized carbons (Fsp3) is 0.514. The van der Waals surface area contributed by atoms with Crippen LogP contribution in [-0.2, 0) is 20.8 Å². The van der Waals surface area contributed by atoms with Gasteiger partial charge in [-0.05, 0) is 91.0 Å². The lowest BCUT2D eigenvalue weighted by molar-refractivity contribution is -0.111.